The first-order valence-corrected chi connectivity index (χ1v) is 39.3. The van der Waals surface area contributed by atoms with Crippen LogP contribution in [0.25, 0.3) is 44.5 Å². The fourth-order valence-electron chi connectivity index (χ4n) is 11.0. The Morgan fingerprint density at radius 2 is 0.372 bits per heavy atom. The van der Waals surface area contributed by atoms with E-state index >= 15 is 0 Å². The molecule has 0 fully saturated rings. The van der Waals surface area contributed by atoms with Gasteiger partial charge in [-0.2, -0.15) is 0 Å². The Hall–Kier alpha value is 0.0758. The summed E-state index contributed by atoms with van der Waals surface area (Å²) in [5.41, 5.74) is 29.6. The molecule has 0 aliphatic heterocycles. The fourth-order valence-corrected chi connectivity index (χ4v) is 13.4. The van der Waals surface area contributed by atoms with Crippen molar-refractivity contribution < 1.29 is 0 Å². The van der Waals surface area contributed by atoms with E-state index in [0.717, 1.165) is 0 Å². The molecule has 0 spiro atoms. The van der Waals surface area contributed by atoms with Crippen LogP contribution in [0.1, 0.15) is 304 Å². The maximum absolute atomic E-state index is 2.50. The van der Waals surface area contributed by atoms with E-state index in [1.165, 1.54) is 163 Å². The van der Waals surface area contributed by atoms with Gasteiger partial charge in [0.15, 0.2) is 0 Å². The molecule has 0 unspecified atom stereocenters. The Morgan fingerprint density at radius 1 is 0.244 bits per heavy atom. The van der Waals surface area contributed by atoms with E-state index in [0.29, 0.717) is 71.0 Å². The summed E-state index contributed by atoms with van der Waals surface area (Å²) >= 11 is 6.89. The summed E-state index contributed by atoms with van der Waals surface area (Å²) in [5, 5.41) is 0. The molecule has 0 amide bonds. The number of hydrogen-bond donors (Lipinski definition) is 0. The maximum atomic E-state index is 2.50. The van der Waals surface area contributed by atoms with Crippen molar-refractivity contribution >= 4 is 136 Å². The molecule has 6 aromatic rings. The standard InChI is InChI=1S/2C36H49.2Sn.Te2.2Te/c2*1-21(2)29-17-31(23(5)6)35(32(18-29)24(7)8)27-14-13-15-28(16-27)36-33(25(9)10)19-30(22(3)4)20-34(36)26(11)12;;;1-2;;/h2*13-15,17-26H,1-12H3;;;;;. The Balaban J connectivity index is 0.000000504. The predicted molar refractivity (Wildman–Crippen MR) is 357 cm³/mol. The van der Waals surface area contributed by atoms with Crippen molar-refractivity contribution in [2.75, 3.05) is 0 Å². The van der Waals surface area contributed by atoms with Crippen LogP contribution in [0.5, 0.6) is 0 Å². The zero-order chi connectivity index (χ0) is 57.5. The first-order chi connectivity index (χ1) is 35.5. The molecule has 0 aliphatic rings. The summed E-state index contributed by atoms with van der Waals surface area (Å²) in [6.45, 7) is 56.3. The van der Waals surface area contributed by atoms with E-state index in [-0.39, 0.29) is 47.3 Å². The van der Waals surface area contributed by atoms with Crippen LogP contribution in [-0.4, -0.2) is 129 Å². The molecule has 0 bridgehead atoms. The summed E-state index contributed by atoms with van der Waals surface area (Å²) in [6, 6.07) is 34.2. The van der Waals surface area contributed by atoms with Gasteiger partial charge < -0.3 is 0 Å². The second-order valence-corrected chi connectivity index (χ2v) is 28.5. The summed E-state index contributed by atoms with van der Waals surface area (Å²) in [7, 11) is 0. The van der Waals surface area contributed by atoms with Gasteiger partial charge in [0, 0.05) is 47.3 Å². The van der Waals surface area contributed by atoms with E-state index in [2.05, 4.69) is 251 Å². The first kappa shape index (κ1) is 74.2. The van der Waals surface area contributed by atoms with Crippen LogP contribution in [0.15, 0.2) is 84.9 Å². The molecule has 418 valence electrons. The third-order valence-corrected chi connectivity index (χ3v) is 18.8. The molecule has 6 aromatic carbocycles. The van der Waals surface area contributed by atoms with Gasteiger partial charge in [-0.3, -0.25) is 0 Å². The zero-order valence-corrected chi connectivity index (χ0v) is 67.7. The van der Waals surface area contributed by atoms with Gasteiger partial charge in [-0.05, 0) is 0 Å². The molecule has 0 atom stereocenters. The van der Waals surface area contributed by atoms with E-state index < -0.39 is 0 Å². The van der Waals surface area contributed by atoms with Crippen molar-refractivity contribution in [1.82, 2.24) is 0 Å². The molecule has 6 rings (SSSR count). The quantitative estimate of drug-likeness (QED) is 0.0848. The van der Waals surface area contributed by atoms with Crippen LogP contribution in [0.4, 0.5) is 0 Å². The number of rotatable bonds is 16. The van der Waals surface area contributed by atoms with Crippen LogP contribution in [-0.2, 0) is 0 Å². The van der Waals surface area contributed by atoms with E-state index in [9.17, 15) is 0 Å². The van der Waals surface area contributed by atoms with Gasteiger partial charge in [0.25, 0.3) is 0 Å². The molecule has 0 aromatic heterocycles. The molecule has 0 saturated heterocycles. The van der Waals surface area contributed by atoms with Crippen molar-refractivity contribution in [2.24, 2.45) is 0 Å². The van der Waals surface area contributed by atoms with Crippen molar-refractivity contribution in [2.45, 2.75) is 237 Å². The second kappa shape index (κ2) is 33.1. The molecule has 0 heterocycles. The molecular weight excluding hydrogens is 1610 g/mol. The van der Waals surface area contributed by atoms with Crippen molar-refractivity contribution in [3.63, 3.8) is 0 Å². The Labute approximate surface area is 562 Å². The van der Waals surface area contributed by atoms with Crippen LogP contribution >= 0.6 is 0 Å². The van der Waals surface area contributed by atoms with E-state index in [1.54, 1.807) is 0 Å². The fraction of sp³-hybridized carbons (Fsp3) is 0.500. The Bertz CT molecular complexity index is 2390. The SMILES string of the molecule is CC(C)c1cc(C(C)C)c(-c2cccc(-c3c(C(C)C)cc(C(C)C)cc3C(C)C)[c]2[Sn])c(C(C)C)c1.CC(C)c1cc(C(C)C)c(-c2cccc(-c3c(C(C)C)cc(C(C)C)cc3C(C)C)[c]2[Sn])c(C(C)C)c1.[Te].[Te].[Te][Te]. The van der Waals surface area contributed by atoms with Crippen molar-refractivity contribution in [3.05, 3.63) is 152 Å². The summed E-state index contributed by atoms with van der Waals surface area (Å²) in [5.74, 6) is 5.96. The van der Waals surface area contributed by atoms with Crippen LogP contribution in [0.3, 0.4) is 0 Å². The van der Waals surface area contributed by atoms with E-state index in [4.69, 9.17) is 0 Å². The molecule has 0 N–H and O–H groups in total. The minimum absolute atomic E-state index is 0. The Kier molecular flexibility index (Phi) is 31.5. The summed E-state index contributed by atoms with van der Waals surface area (Å²) in [4.78, 5) is 0. The zero-order valence-electron chi connectivity index (χ0n) is 52.6. The number of benzene rings is 6. The van der Waals surface area contributed by atoms with Gasteiger partial charge in [-0.25, -0.2) is 0 Å². The minimum atomic E-state index is 0. The van der Waals surface area contributed by atoms with Gasteiger partial charge >= 0.3 is 522 Å². The van der Waals surface area contributed by atoms with Crippen LogP contribution in [0.2, 0.25) is 0 Å². The van der Waals surface area contributed by atoms with Crippen LogP contribution in [0, 0.1) is 0 Å². The first-order valence-electron chi connectivity index (χ1n) is 29.1. The van der Waals surface area contributed by atoms with Crippen LogP contribution < -0.4 is 7.16 Å². The summed E-state index contributed by atoms with van der Waals surface area (Å²) < 4.78 is 2.99. The monoisotopic (exact) mass is 1720 g/mol. The molecule has 0 saturated carbocycles. The van der Waals surface area contributed by atoms with Gasteiger partial charge in [0.05, 0.1) is 0 Å². The molecular formula is C72H98Sn2Te4. The van der Waals surface area contributed by atoms with Gasteiger partial charge in [-0.15, -0.1) is 0 Å². The van der Waals surface area contributed by atoms with E-state index in [1.807, 2.05) is 36.9 Å². The van der Waals surface area contributed by atoms with Crippen molar-refractivity contribution in [3.8, 4) is 44.5 Å². The average molecular weight is 1710 g/mol. The second-order valence-electron chi connectivity index (χ2n) is 25.6. The average Bonchev–Trinajstić information content (AvgIpc) is 3.35. The Morgan fingerprint density at radius 3 is 0.474 bits per heavy atom. The summed E-state index contributed by atoms with van der Waals surface area (Å²) in [6.07, 6.45) is 0. The van der Waals surface area contributed by atoms with Crippen molar-refractivity contribution in [1.29, 1.82) is 0 Å². The van der Waals surface area contributed by atoms with Gasteiger partial charge in [0.2, 0.25) is 0 Å². The number of hydrogen-bond acceptors (Lipinski definition) is 0. The third kappa shape index (κ3) is 17.6. The topological polar surface area (TPSA) is 0 Å². The molecule has 0 aliphatic carbocycles. The molecule has 0 nitrogen and oxygen atoms in total. The predicted octanol–water partition coefficient (Wildman–Crippen LogP) is 19.6. The molecule has 6 heteroatoms. The van der Waals surface area contributed by atoms with Gasteiger partial charge in [-0.1, -0.05) is 0 Å². The van der Waals surface area contributed by atoms with Gasteiger partial charge in [0.1, 0.15) is 0 Å². The molecule has 78 heavy (non-hydrogen) atoms. The molecule has 12 radical (unpaired) electrons. The normalized spacial score (nSPS) is 11.7. The third-order valence-electron chi connectivity index (χ3n) is 15.7.